The van der Waals surface area contributed by atoms with Crippen LogP contribution in [0.15, 0.2) is 200 Å². The van der Waals surface area contributed by atoms with Crippen LogP contribution in [0.2, 0.25) is 0 Å². The van der Waals surface area contributed by atoms with Gasteiger partial charge in [-0.05, 0) is 88.2 Å². The molecule has 0 fully saturated rings. The third-order valence-corrected chi connectivity index (χ3v) is 11.1. The lowest BCUT2D eigenvalue weighted by Gasteiger charge is -2.17. The van der Waals surface area contributed by atoms with Crippen molar-refractivity contribution in [1.82, 2.24) is 15.0 Å². The number of benzene rings is 10. The molecule has 0 aliphatic carbocycles. The van der Waals surface area contributed by atoms with E-state index in [-0.39, 0.29) is 0 Å². The summed E-state index contributed by atoms with van der Waals surface area (Å²) >= 11 is 0. The molecule has 0 unspecified atom stereocenters. The zero-order chi connectivity index (χ0) is 37.0. The van der Waals surface area contributed by atoms with Gasteiger partial charge in [-0.15, -0.1) is 0 Å². The molecule has 0 radical (unpaired) electrons. The topological polar surface area (TPSA) is 38.7 Å². The van der Waals surface area contributed by atoms with Gasteiger partial charge in [0.15, 0.2) is 17.5 Å². The second-order valence-electron chi connectivity index (χ2n) is 14.3. The molecule has 260 valence electrons. The number of hydrogen-bond acceptors (Lipinski definition) is 3. The summed E-state index contributed by atoms with van der Waals surface area (Å²) in [6.45, 7) is 0. The summed E-state index contributed by atoms with van der Waals surface area (Å²) in [4.78, 5) is 15.7. The lowest BCUT2D eigenvalue weighted by Crippen LogP contribution is -2.01. The van der Waals surface area contributed by atoms with Gasteiger partial charge in [0.2, 0.25) is 0 Å². The smallest absolute Gasteiger partial charge is 0.164 e. The van der Waals surface area contributed by atoms with Crippen molar-refractivity contribution in [1.29, 1.82) is 0 Å². The molecule has 0 saturated heterocycles. The highest BCUT2D eigenvalue weighted by Crippen LogP contribution is 2.44. The first-order valence-corrected chi connectivity index (χ1v) is 19.0. The second kappa shape index (κ2) is 13.1. The highest BCUT2D eigenvalue weighted by molar-refractivity contribution is 6.23. The van der Waals surface area contributed by atoms with Crippen LogP contribution in [0.5, 0.6) is 0 Å². The Kier molecular flexibility index (Phi) is 7.49. The predicted octanol–water partition coefficient (Wildman–Crippen LogP) is 14.0. The Hall–Kier alpha value is -7.49. The van der Waals surface area contributed by atoms with Gasteiger partial charge in [-0.2, -0.15) is 0 Å². The molecular formula is C53H33N3. The molecule has 0 atom stereocenters. The Balaban J connectivity index is 1.16. The average molecular weight is 712 g/mol. The number of rotatable bonds is 5. The second-order valence-corrected chi connectivity index (χ2v) is 14.3. The van der Waals surface area contributed by atoms with E-state index < -0.39 is 0 Å². The van der Waals surface area contributed by atoms with Crippen molar-refractivity contribution in [3.8, 4) is 56.4 Å². The third-order valence-electron chi connectivity index (χ3n) is 11.1. The Morgan fingerprint density at radius 2 is 0.714 bits per heavy atom. The van der Waals surface area contributed by atoms with Crippen molar-refractivity contribution in [2.24, 2.45) is 0 Å². The lowest BCUT2D eigenvalue weighted by molar-refractivity contribution is 1.08. The van der Waals surface area contributed by atoms with Crippen LogP contribution >= 0.6 is 0 Å². The molecule has 1 heterocycles. The zero-order valence-corrected chi connectivity index (χ0v) is 30.4. The van der Waals surface area contributed by atoms with E-state index in [1.807, 2.05) is 18.2 Å². The molecule has 3 heteroatoms. The fourth-order valence-electron chi connectivity index (χ4n) is 8.53. The summed E-state index contributed by atoms with van der Waals surface area (Å²) < 4.78 is 0. The van der Waals surface area contributed by atoms with Crippen LogP contribution < -0.4 is 0 Å². The highest BCUT2D eigenvalue weighted by Gasteiger charge is 2.20. The van der Waals surface area contributed by atoms with E-state index in [4.69, 9.17) is 15.0 Å². The number of aromatic nitrogens is 3. The van der Waals surface area contributed by atoms with E-state index in [1.165, 1.54) is 54.6 Å². The van der Waals surface area contributed by atoms with Crippen LogP contribution in [0, 0.1) is 0 Å². The van der Waals surface area contributed by atoms with Gasteiger partial charge in [-0.25, -0.2) is 15.0 Å². The van der Waals surface area contributed by atoms with Crippen molar-refractivity contribution in [3.05, 3.63) is 200 Å². The van der Waals surface area contributed by atoms with E-state index in [0.29, 0.717) is 17.5 Å². The van der Waals surface area contributed by atoms with Gasteiger partial charge < -0.3 is 0 Å². The third kappa shape index (κ3) is 5.25. The summed E-state index contributed by atoms with van der Waals surface area (Å²) in [5.74, 6) is 1.92. The van der Waals surface area contributed by atoms with E-state index in [2.05, 4.69) is 182 Å². The largest absolute Gasteiger partial charge is 0.208 e. The zero-order valence-electron chi connectivity index (χ0n) is 30.4. The highest BCUT2D eigenvalue weighted by atomic mass is 15.0. The fourth-order valence-corrected chi connectivity index (χ4v) is 8.53. The van der Waals surface area contributed by atoms with Crippen molar-refractivity contribution in [3.63, 3.8) is 0 Å². The van der Waals surface area contributed by atoms with Crippen LogP contribution in [-0.2, 0) is 0 Å². The molecule has 0 bridgehead atoms. The summed E-state index contributed by atoms with van der Waals surface area (Å²) in [6.07, 6.45) is 0. The van der Waals surface area contributed by atoms with Crippen LogP contribution in [0.25, 0.3) is 110 Å². The van der Waals surface area contributed by atoms with Gasteiger partial charge in [0.05, 0.1) is 0 Å². The first kappa shape index (κ1) is 32.0. The van der Waals surface area contributed by atoms with Gasteiger partial charge in [0, 0.05) is 16.7 Å². The summed E-state index contributed by atoms with van der Waals surface area (Å²) in [6, 6.07) is 71.1. The molecule has 11 aromatic rings. The molecule has 56 heavy (non-hydrogen) atoms. The molecule has 0 spiro atoms. The monoisotopic (exact) mass is 711 g/mol. The van der Waals surface area contributed by atoms with Gasteiger partial charge in [0.1, 0.15) is 0 Å². The molecular weight excluding hydrogens is 679 g/mol. The Morgan fingerprint density at radius 3 is 1.43 bits per heavy atom. The van der Waals surface area contributed by atoms with Crippen LogP contribution in [0.3, 0.4) is 0 Å². The van der Waals surface area contributed by atoms with E-state index in [0.717, 1.165) is 38.2 Å². The fraction of sp³-hybridized carbons (Fsp3) is 0. The van der Waals surface area contributed by atoms with Gasteiger partial charge >= 0.3 is 0 Å². The minimum Gasteiger partial charge on any atom is -0.208 e. The van der Waals surface area contributed by atoms with Crippen LogP contribution in [-0.4, -0.2) is 15.0 Å². The predicted molar refractivity (Wildman–Crippen MR) is 235 cm³/mol. The van der Waals surface area contributed by atoms with Crippen LogP contribution in [0.1, 0.15) is 0 Å². The van der Waals surface area contributed by atoms with E-state index in [9.17, 15) is 0 Å². The molecule has 0 aliphatic rings. The van der Waals surface area contributed by atoms with Gasteiger partial charge in [0.25, 0.3) is 0 Å². The molecule has 3 nitrogen and oxygen atoms in total. The van der Waals surface area contributed by atoms with E-state index >= 15 is 0 Å². The molecule has 11 rings (SSSR count). The molecule has 10 aromatic carbocycles. The standard InChI is InChI=1S/C53H33N3/c1-3-15-34(16-4-1)38-25-13-27-44-41(38)26-14-28-47(44)52-54-51(36-18-5-2-6-19-36)55-53(56-52)48-32-31-45(42-23-11-12-24-43(42)48)50-40-22-10-8-20-37(40)33-49-39-21-9-7-17-35(39)29-30-46(49)50/h1-33H. The molecule has 0 amide bonds. The van der Waals surface area contributed by atoms with Gasteiger partial charge in [-0.1, -0.05) is 188 Å². The first-order chi connectivity index (χ1) is 27.8. The molecule has 0 saturated carbocycles. The minimum absolute atomic E-state index is 0.640. The number of nitrogens with zero attached hydrogens (tertiary/aromatic N) is 3. The van der Waals surface area contributed by atoms with E-state index in [1.54, 1.807) is 0 Å². The van der Waals surface area contributed by atoms with Crippen molar-refractivity contribution < 1.29 is 0 Å². The molecule has 0 aliphatic heterocycles. The maximum atomic E-state index is 5.32. The SMILES string of the molecule is c1ccc(-c2nc(-c3cccc4c(-c5ccccc5)cccc34)nc(-c3ccc(-c4c5ccccc5cc5c4ccc4ccccc45)c4ccccc34)n2)cc1. The minimum atomic E-state index is 0.640. The first-order valence-electron chi connectivity index (χ1n) is 19.0. The van der Waals surface area contributed by atoms with Crippen molar-refractivity contribution in [2.45, 2.75) is 0 Å². The van der Waals surface area contributed by atoms with Gasteiger partial charge in [-0.3, -0.25) is 0 Å². The quantitative estimate of drug-likeness (QED) is 0.132. The maximum absolute atomic E-state index is 5.32. The van der Waals surface area contributed by atoms with Crippen molar-refractivity contribution >= 4 is 53.9 Å². The van der Waals surface area contributed by atoms with Crippen molar-refractivity contribution in [2.75, 3.05) is 0 Å². The Morgan fingerprint density at radius 1 is 0.232 bits per heavy atom. The lowest BCUT2D eigenvalue weighted by atomic mass is 9.87. The normalized spacial score (nSPS) is 11.6. The van der Waals surface area contributed by atoms with Crippen LogP contribution in [0.4, 0.5) is 0 Å². The Labute approximate surface area is 324 Å². The summed E-state index contributed by atoms with van der Waals surface area (Å²) in [5, 5.41) is 11.9. The maximum Gasteiger partial charge on any atom is 0.164 e. The number of hydrogen-bond donors (Lipinski definition) is 0. The Bertz CT molecular complexity index is 3300. The summed E-state index contributed by atoms with van der Waals surface area (Å²) in [7, 11) is 0. The number of fused-ring (bicyclic) bond motifs is 6. The summed E-state index contributed by atoms with van der Waals surface area (Å²) in [5.41, 5.74) is 7.65. The average Bonchev–Trinajstić information content (AvgIpc) is 3.28. The molecule has 0 N–H and O–H groups in total. The molecule has 1 aromatic heterocycles.